The molecule has 0 radical (unpaired) electrons. The van der Waals surface area contributed by atoms with E-state index in [0.29, 0.717) is 23.3 Å². The van der Waals surface area contributed by atoms with E-state index in [2.05, 4.69) is 5.32 Å². The minimum absolute atomic E-state index is 0. The van der Waals surface area contributed by atoms with Gasteiger partial charge < -0.3 is 19.8 Å². The molecular weight excluding hydrogens is 548 g/mol. The summed E-state index contributed by atoms with van der Waals surface area (Å²) in [7, 11) is -2.63. The number of ether oxygens (including phenoxy) is 1. The largest absolute Gasteiger partial charge is 0.496 e. The van der Waals surface area contributed by atoms with Gasteiger partial charge in [-0.05, 0) is 36.1 Å². The summed E-state index contributed by atoms with van der Waals surface area (Å²) in [6, 6.07) is 11.5. The second-order valence-electron chi connectivity index (χ2n) is 9.52. The van der Waals surface area contributed by atoms with Crippen molar-refractivity contribution in [2.75, 3.05) is 26.0 Å². The molecule has 0 aromatic heterocycles. The highest BCUT2D eigenvalue weighted by molar-refractivity contribution is 7.91. The molecule has 1 aliphatic heterocycles. The molecule has 39 heavy (non-hydrogen) atoms. The zero-order valence-electron chi connectivity index (χ0n) is 22.2. The van der Waals surface area contributed by atoms with Crippen LogP contribution in [0, 0.1) is 0 Å². The van der Waals surface area contributed by atoms with Crippen LogP contribution < -0.4 is 10.1 Å². The van der Waals surface area contributed by atoms with E-state index in [1.54, 1.807) is 0 Å². The molecule has 0 fully saturated rings. The SMILES string of the molecule is CCCC[C@]1(CC)CS(=O)(=O)c2cc(C(=O)N(CC(=O)O)CC(=O)O)c(OC)cc2[C@@H](c2ccccc2)N1.Cl. The van der Waals surface area contributed by atoms with Gasteiger partial charge in [-0.1, -0.05) is 57.0 Å². The van der Waals surface area contributed by atoms with E-state index in [4.69, 9.17) is 4.74 Å². The minimum Gasteiger partial charge on any atom is -0.496 e. The van der Waals surface area contributed by atoms with Gasteiger partial charge in [0.15, 0.2) is 9.84 Å². The number of carboxylic acid groups (broad SMARTS) is 2. The van der Waals surface area contributed by atoms with Crippen LogP contribution in [0.1, 0.15) is 67.1 Å². The predicted molar refractivity (Wildman–Crippen MR) is 147 cm³/mol. The molecule has 10 nitrogen and oxygen atoms in total. The Labute approximate surface area is 234 Å². The Balaban J connectivity index is 0.00000533. The van der Waals surface area contributed by atoms with Gasteiger partial charge in [0.25, 0.3) is 5.91 Å². The number of carbonyl (C=O) groups is 3. The smallest absolute Gasteiger partial charge is 0.323 e. The molecule has 1 heterocycles. The average Bonchev–Trinajstić information content (AvgIpc) is 2.97. The minimum atomic E-state index is -3.94. The number of carboxylic acids is 2. The standard InChI is InChI=1S/C27H34N2O8S.ClH/c1-4-6-12-27(5-2)17-38(35,36)22-14-19(26(34)29(15-23(30)31)16-24(32)33)21(37-3)13-20(22)25(28-27)18-10-8-7-9-11-18;/h7-11,13-14,25,28H,4-6,12,15-17H2,1-3H3,(H,30,31)(H,32,33);1H/t25-,27-;/m1./s1. The van der Waals surface area contributed by atoms with E-state index >= 15 is 0 Å². The van der Waals surface area contributed by atoms with Gasteiger partial charge >= 0.3 is 11.9 Å². The number of unbranched alkanes of at least 4 members (excludes halogenated alkanes) is 1. The van der Waals surface area contributed by atoms with Crippen molar-refractivity contribution in [3.63, 3.8) is 0 Å². The van der Waals surface area contributed by atoms with Crippen LogP contribution in [0.3, 0.4) is 0 Å². The molecule has 2 aromatic carbocycles. The number of sulfone groups is 1. The fraction of sp³-hybridized carbons (Fsp3) is 0.444. The number of fused-ring (bicyclic) bond motifs is 1. The summed E-state index contributed by atoms with van der Waals surface area (Å²) >= 11 is 0. The topological polar surface area (TPSA) is 150 Å². The third-order valence-electron chi connectivity index (χ3n) is 6.88. The normalized spacial score (nSPS) is 19.6. The summed E-state index contributed by atoms with van der Waals surface area (Å²) in [5.41, 5.74) is 0.283. The lowest BCUT2D eigenvalue weighted by molar-refractivity contribution is -0.140. The summed E-state index contributed by atoms with van der Waals surface area (Å²) in [4.78, 5) is 36.6. The number of amides is 1. The van der Waals surface area contributed by atoms with Crippen molar-refractivity contribution in [1.82, 2.24) is 10.2 Å². The average molecular weight is 583 g/mol. The van der Waals surface area contributed by atoms with Crippen LogP contribution in [-0.4, -0.2) is 72.9 Å². The number of nitrogens with one attached hydrogen (secondary N) is 1. The summed E-state index contributed by atoms with van der Waals surface area (Å²) in [5.74, 6) is -3.94. The maximum absolute atomic E-state index is 13.9. The van der Waals surface area contributed by atoms with E-state index in [0.717, 1.165) is 18.4 Å². The molecule has 0 spiro atoms. The third kappa shape index (κ3) is 7.28. The molecule has 0 aliphatic carbocycles. The van der Waals surface area contributed by atoms with Crippen LogP contribution in [0.5, 0.6) is 5.75 Å². The van der Waals surface area contributed by atoms with Gasteiger partial charge in [-0.2, -0.15) is 0 Å². The van der Waals surface area contributed by atoms with Crippen molar-refractivity contribution >= 4 is 40.1 Å². The van der Waals surface area contributed by atoms with Crippen LogP contribution in [0.4, 0.5) is 0 Å². The Morgan fingerprint density at radius 3 is 2.21 bits per heavy atom. The van der Waals surface area contributed by atoms with Crippen LogP contribution in [0.25, 0.3) is 0 Å². The molecule has 1 amide bonds. The molecule has 2 aromatic rings. The molecule has 214 valence electrons. The number of carbonyl (C=O) groups excluding carboxylic acids is 1. The van der Waals surface area contributed by atoms with Crippen LogP contribution >= 0.6 is 12.4 Å². The lowest BCUT2D eigenvalue weighted by atomic mass is 9.88. The molecule has 0 saturated heterocycles. The number of benzene rings is 2. The first-order valence-corrected chi connectivity index (χ1v) is 14.1. The Hall–Kier alpha value is -3.15. The number of nitrogens with zero attached hydrogens (tertiary/aromatic N) is 1. The quantitative estimate of drug-likeness (QED) is 0.361. The first-order valence-electron chi connectivity index (χ1n) is 12.5. The molecule has 0 bridgehead atoms. The monoisotopic (exact) mass is 582 g/mol. The fourth-order valence-electron chi connectivity index (χ4n) is 4.92. The van der Waals surface area contributed by atoms with Crippen molar-refractivity contribution in [2.24, 2.45) is 0 Å². The van der Waals surface area contributed by atoms with Gasteiger partial charge in [0, 0.05) is 5.54 Å². The summed E-state index contributed by atoms with van der Waals surface area (Å²) in [5, 5.41) is 22.1. The van der Waals surface area contributed by atoms with E-state index in [-0.39, 0.29) is 34.4 Å². The Bertz CT molecular complexity index is 1290. The second-order valence-corrected chi connectivity index (χ2v) is 11.5. The Morgan fingerprint density at radius 1 is 1.08 bits per heavy atom. The first kappa shape index (κ1) is 32.1. The van der Waals surface area contributed by atoms with Gasteiger partial charge in [0.05, 0.1) is 29.4 Å². The molecule has 3 rings (SSSR count). The van der Waals surface area contributed by atoms with Gasteiger partial charge in [-0.15, -0.1) is 12.4 Å². The number of hydrogen-bond acceptors (Lipinski definition) is 7. The molecule has 1 aliphatic rings. The summed E-state index contributed by atoms with van der Waals surface area (Å²) in [6.07, 6.45) is 2.89. The number of methoxy groups -OCH3 is 1. The highest BCUT2D eigenvalue weighted by atomic mass is 35.5. The predicted octanol–water partition coefficient (Wildman–Crippen LogP) is 3.53. The maximum atomic E-state index is 13.9. The number of halogens is 1. The fourth-order valence-corrected chi connectivity index (χ4v) is 7.07. The Kier molecular flexibility index (Phi) is 10.9. The van der Waals surface area contributed by atoms with E-state index in [9.17, 15) is 33.0 Å². The molecule has 12 heteroatoms. The first-order chi connectivity index (χ1) is 18.0. The van der Waals surface area contributed by atoms with E-state index in [1.807, 2.05) is 44.2 Å². The zero-order chi connectivity index (χ0) is 28.1. The zero-order valence-corrected chi connectivity index (χ0v) is 23.8. The molecule has 0 unspecified atom stereocenters. The van der Waals surface area contributed by atoms with Crippen molar-refractivity contribution in [3.05, 3.63) is 59.2 Å². The number of hydrogen-bond donors (Lipinski definition) is 3. The van der Waals surface area contributed by atoms with Gasteiger partial charge in [-0.3, -0.25) is 19.7 Å². The number of aliphatic carboxylic acids is 2. The molecular formula is C27H35ClN2O8S. The van der Waals surface area contributed by atoms with Crippen molar-refractivity contribution in [1.29, 1.82) is 0 Å². The van der Waals surface area contributed by atoms with E-state index in [1.165, 1.54) is 19.2 Å². The van der Waals surface area contributed by atoms with Crippen molar-refractivity contribution < 1.29 is 37.8 Å². The lowest BCUT2D eigenvalue weighted by Gasteiger charge is -2.36. The van der Waals surface area contributed by atoms with Gasteiger partial charge in [0.1, 0.15) is 18.8 Å². The third-order valence-corrected chi connectivity index (χ3v) is 8.84. The van der Waals surface area contributed by atoms with Crippen molar-refractivity contribution in [2.45, 2.75) is 56.0 Å². The van der Waals surface area contributed by atoms with E-state index < -0.39 is 52.4 Å². The second kappa shape index (κ2) is 13.3. The van der Waals surface area contributed by atoms with Crippen LogP contribution in [0.2, 0.25) is 0 Å². The van der Waals surface area contributed by atoms with Gasteiger partial charge in [0.2, 0.25) is 0 Å². The molecule has 2 atom stereocenters. The summed E-state index contributed by atoms with van der Waals surface area (Å²) < 4.78 is 33.3. The maximum Gasteiger partial charge on any atom is 0.323 e. The van der Waals surface area contributed by atoms with Crippen molar-refractivity contribution in [3.8, 4) is 5.75 Å². The van der Waals surface area contributed by atoms with Gasteiger partial charge in [-0.25, -0.2) is 8.42 Å². The molecule has 3 N–H and O–H groups in total. The Morgan fingerprint density at radius 2 is 1.69 bits per heavy atom. The van der Waals surface area contributed by atoms with Crippen LogP contribution in [-0.2, 0) is 19.4 Å². The van der Waals surface area contributed by atoms with Crippen LogP contribution in [0.15, 0.2) is 47.4 Å². The lowest BCUT2D eigenvalue weighted by Crippen LogP contribution is -2.50. The highest BCUT2D eigenvalue weighted by Crippen LogP contribution is 2.41. The highest BCUT2D eigenvalue weighted by Gasteiger charge is 2.43. The summed E-state index contributed by atoms with van der Waals surface area (Å²) in [6.45, 7) is 2.24. The molecule has 0 saturated carbocycles. The number of rotatable bonds is 11.